The molecule has 196 valence electrons. The van der Waals surface area contributed by atoms with E-state index in [1.54, 1.807) is 4.90 Å². The van der Waals surface area contributed by atoms with Crippen molar-refractivity contribution in [2.24, 2.45) is 11.7 Å². The minimum Gasteiger partial charge on any atom is -0.392 e. The second-order valence-corrected chi connectivity index (χ2v) is 10.6. The molecule has 1 saturated carbocycles. The molecule has 4 amide bonds. The number of nitrogens with zero attached hydrogens (tertiary/aromatic N) is 2. The first-order valence-electron chi connectivity index (χ1n) is 12.8. The highest BCUT2D eigenvalue weighted by Crippen LogP contribution is 2.36. The molecule has 36 heavy (non-hydrogen) atoms. The van der Waals surface area contributed by atoms with Crippen molar-refractivity contribution >= 4 is 41.0 Å². The topological polar surface area (TPSA) is 132 Å². The van der Waals surface area contributed by atoms with E-state index in [4.69, 9.17) is 5.73 Å². The number of likely N-dealkylation sites (tertiary alicyclic amines) is 1. The Morgan fingerprint density at radius 3 is 2.42 bits per heavy atom. The van der Waals surface area contributed by atoms with E-state index in [0.29, 0.717) is 42.8 Å². The van der Waals surface area contributed by atoms with E-state index in [1.807, 2.05) is 31.2 Å². The number of carbonyl (C=O) groups excluding carboxylic acids is 3. The molecule has 0 radical (unpaired) electrons. The number of amides is 4. The fraction of sp³-hybridized carbons (Fsp3) is 0.560. The molecule has 6 N–H and O–H groups in total. The monoisotopic (exact) mass is 515 g/mol. The zero-order valence-corrected chi connectivity index (χ0v) is 21.7. The number of hydrogen-bond donors (Lipinski definition) is 5. The lowest BCUT2D eigenvalue weighted by Gasteiger charge is -2.16. The van der Waals surface area contributed by atoms with Crippen molar-refractivity contribution in [1.82, 2.24) is 20.4 Å². The van der Waals surface area contributed by atoms with E-state index in [9.17, 15) is 14.4 Å². The Bertz CT molecular complexity index is 974. The Morgan fingerprint density at radius 2 is 1.75 bits per heavy atom. The van der Waals surface area contributed by atoms with Crippen LogP contribution in [0.1, 0.15) is 32.6 Å². The molecule has 1 atom stereocenters. The van der Waals surface area contributed by atoms with Crippen LogP contribution < -0.4 is 27.0 Å². The predicted molar refractivity (Wildman–Crippen MR) is 143 cm³/mol. The summed E-state index contributed by atoms with van der Waals surface area (Å²) in [5.41, 5.74) is 7.76. The number of hydrogen-bond acceptors (Lipinski definition) is 7. The van der Waals surface area contributed by atoms with Crippen molar-refractivity contribution in [2.75, 3.05) is 56.4 Å². The van der Waals surface area contributed by atoms with Gasteiger partial charge in [0.15, 0.2) is 0 Å². The molecule has 0 bridgehead atoms. The van der Waals surface area contributed by atoms with E-state index < -0.39 is 0 Å². The molecule has 1 aromatic rings. The van der Waals surface area contributed by atoms with Gasteiger partial charge >= 0.3 is 6.03 Å². The third-order valence-electron chi connectivity index (χ3n) is 6.63. The highest BCUT2D eigenvalue weighted by atomic mass is 32.2. The van der Waals surface area contributed by atoms with Gasteiger partial charge in [0.25, 0.3) is 5.91 Å². The summed E-state index contributed by atoms with van der Waals surface area (Å²) in [6, 6.07) is 7.13. The van der Waals surface area contributed by atoms with Crippen LogP contribution in [0.15, 0.2) is 35.0 Å². The van der Waals surface area contributed by atoms with Crippen LogP contribution in [0.4, 0.5) is 16.2 Å². The summed E-state index contributed by atoms with van der Waals surface area (Å²) in [6.45, 7) is 7.07. The third-order valence-corrected chi connectivity index (χ3v) is 7.94. The summed E-state index contributed by atoms with van der Waals surface area (Å²) < 4.78 is 0. The van der Waals surface area contributed by atoms with Gasteiger partial charge < -0.3 is 36.8 Å². The molecule has 0 spiro atoms. The maximum atomic E-state index is 12.9. The Labute approximate surface area is 216 Å². The molecule has 3 fully saturated rings. The third kappa shape index (κ3) is 7.07. The largest absolute Gasteiger partial charge is 0.392 e. The summed E-state index contributed by atoms with van der Waals surface area (Å²) in [5, 5.41) is 12.0. The molecular weight excluding hydrogens is 478 g/mol. The van der Waals surface area contributed by atoms with Gasteiger partial charge in [-0.3, -0.25) is 9.59 Å². The van der Waals surface area contributed by atoms with Gasteiger partial charge in [0.2, 0.25) is 5.91 Å². The van der Waals surface area contributed by atoms with Crippen LogP contribution in [-0.2, 0) is 9.59 Å². The maximum absolute atomic E-state index is 12.9. The minimum absolute atomic E-state index is 0.0631. The zero-order valence-electron chi connectivity index (χ0n) is 20.8. The van der Waals surface area contributed by atoms with E-state index in [0.717, 1.165) is 38.2 Å². The number of carbonyl (C=O) groups is 3. The molecule has 10 nitrogen and oxygen atoms in total. The van der Waals surface area contributed by atoms with Crippen LogP contribution in [0.2, 0.25) is 0 Å². The van der Waals surface area contributed by atoms with Crippen molar-refractivity contribution in [3.63, 3.8) is 0 Å². The zero-order chi connectivity index (χ0) is 25.5. The van der Waals surface area contributed by atoms with Gasteiger partial charge in [-0.2, -0.15) is 0 Å². The van der Waals surface area contributed by atoms with Crippen LogP contribution in [-0.4, -0.2) is 78.7 Å². The van der Waals surface area contributed by atoms with Crippen LogP contribution in [0.3, 0.4) is 0 Å². The molecule has 2 aliphatic heterocycles. The van der Waals surface area contributed by atoms with E-state index in [1.165, 1.54) is 24.6 Å². The fourth-order valence-electron chi connectivity index (χ4n) is 4.30. The standard InChI is InChI=1S/C25H37N7O3S/c1-2-32-23(34)20(36-24(32)21(26)22(33)29-15-17-5-6-17)16-28-18-7-9-19(10-8-18)30-25(35)27-11-14-31-12-3-4-13-31/h7-10,17,20,28H,2-6,11-16,26H2,1H3,(H,29,33)(H2,27,30,35)/b24-21+/t20-/m1/s1. The highest BCUT2D eigenvalue weighted by Gasteiger charge is 2.38. The first-order valence-corrected chi connectivity index (χ1v) is 13.7. The minimum atomic E-state index is -0.381. The lowest BCUT2D eigenvalue weighted by molar-refractivity contribution is -0.127. The molecule has 1 aliphatic carbocycles. The molecular formula is C25H37N7O3S. The van der Waals surface area contributed by atoms with Gasteiger partial charge in [-0.15, -0.1) is 0 Å². The predicted octanol–water partition coefficient (Wildman–Crippen LogP) is 1.93. The summed E-state index contributed by atoms with van der Waals surface area (Å²) in [4.78, 5) is 41.4. The van der Waals surface area contributed by atoms with Crippen molar-refractivity contribution in [2.45, 2.75) is 37.9 Å². The number of urea groups is 1. The Morgan fingerprint density at radius 1 is 1.06 bits per heavy atom. The number of thioether (sulfide) groups is 1. The van der Waals surface area contributed by atoms with Crippen LogP contribution in [0.25, 0.3) is 0 Å². The fourth-order valence-corrected chi connectivity index (χ4v) is 5.53. The smallest absolute Gasteiger partial charge is 0.319 e. The average molecular weight is 516 g/mol. The van der Waals surface area contributed by atoms with Crippen molar-refractivity contribution in [3.8, 4) is 0 Å². The molecule has 0 unspecified atom stereocenters. The second-order valence-electron chi connectivity index (χ2n) is 9.45. The second kappa shape index (κ2) is 12.4. The number of benzene rings is 1. The number of rotatable bonds is 11. The maximum Gasteiger partial charge on any atom is 0.319 e. The average Bonchev–Trinajstić information content (AvgIpc) is 3.46. The van der Waals surface area contributed by atoms with Crippen molar-refractivity contribution < 1.29 is 14.4 Å². The van der Waals surface area contributed by atoms with Crippen LogP contribution in [0, 0.1) is 5.92 Å². The molecule has 0 aromatic heterocycles. The SMILES string of the molecule is CCN1C(=O)[C@@H](CNc2ccc(NC(=O)NCCN3CCCC3)cc2)S/C1=C(/N)C(=O)NCC1CC1. The number of nitrogens with one attached hydrogen (secondary N) is 4. The van der Waals surface area contributed by atoms with Gasteiger partial charge in [-0.05, 0) is 75.9 Å². The first kappa shape index (κ1) is 26.2. The summed E-state index contributed by atoms with van der Waals surface area (Å²) in [6.07, 6.45) is 4.75. The Kier molecular flexibility index (Phi) is 8.98. The molecule has 1 aromatic carbocycles. The summed E-state index contributed by atoms with van der Waals surface area (Å²) in [7, 11) is 0. The van der Waals surface area contributed by atoms with Crippen LogP contribution >= 0.6 is 11.8 Å². The molecule has 2 heterocycles. The van der Waals surface area contributed by atoms with Crippen molar-refractivity contribution in [1.29, 1.82) is 0 Å². The highest BCUT2D eigenvalue weighted by molar-refractivity contribution is 8.04. The quantitative estimate of drug-likeness (QED) is 0.285. The van der Waals surface area contributed by atoms with Gasteiger partial charge in [0.1, 0.15) is 16.0 Å². The Balaban J connectivity index is 1.23. The number of anilines is 2. The van der Waals surface area contributed by atoms with Gasteiger partial charge in [-0.25, -0.2) is 4.79 Å². The Hall–Kier alpha value is -2.92. The van der Waals surface area contributed by atoms with Crippen LogP contribution in [0.5, 0.6) is 0 Å². The van der Waals surface area contributed by atoms with Gasteiger partial charge in [0, 0.05) is 44.1 Å². The number of nitrogens with two attached hydrogens (primary N) is 1. The van der Waals surface area contributed by atoms with E-state index >= 15 is 0 Å². The van der Waals surface area contributed by atoms with E-state index in [-0.39, 0.29) is 28.8 Å². The van der Waals surface area contributed by atoms with E-state index in [2.05, 4.69) is 26.2 Å². The normalized spacial score (nSPS) is 21.4. The lowest BCUT2D eigenvalue weighted by Crippen LogP contribution is -2.36. The lowest BCUT2D eigenvalue weighted by atomic mass is 10.2. The molecule has 11 heteroatoms. The first-order chi connectivity index (χ1) is 17.4. The molecule has 4 rings (SSSR count). The van der Waals surface area contributed by atoms with Gasteiger partial charge in [-0.1, -0.05) is 11.8 Å². The molecule has 3 aliphatic rings. The summed E-state index contributed by atoms with van der Waals surface area (Å²) >= 11 is 1.32. The van der Waals surface area contributed by atoms with Gasteiger partial charge in [0.05, 0.1) is 0 Å². The van der Waals surface area contributed by atoms with Crippen molar-refractivity contribution in [3.05, 3.63) is 35.0 Å². The summed E-state index contributed by atoms with van der Waals surface area (Å²) in [5.74, 6) is 0.179. The molecule has 2 saturated heterocycles.